The lowest BCUT2D eigenvalue weighted by Crippen LogP contribution is -2.45. The first kappa shape index (κ1) is 15.8. The van der Waals surface area contributed by atoms with E-state index in [1.54, 1.807) is 0 Å². The number of amides is 3. The topological polar surface area (TPSA) is 92.5 Å². The number of primary amides is 1. The van der Waals surface area contributed by atoms with Gasteiger partial charge in [0, 0.05) is 25.4 Å². The summed E-state index contributed by atoms with van der Waals surface area (Å²) in [4.78, 5) is 36.0. The van der Waals surface area contributed by atoms with Gasteiger partial charge in [-0.1, -0.05) is 6.92 Å². The van der Waals surface area contributed by atoms with Gasteiger partial charge in [0.05, 0.1) is 5.75 Å². The molecule has 108 valence electrons. The Morgan fingerprint density at radius 1 is 1.58 bits per heavy atom. The molecule has 0 spiro atoms. The van der Waals surface area contributed by atoms with E-state index < -0.39 is 11.9 Å². The second kappa shape index (κ2) is 7.37. The molecule has 0 bridgehead atoms. The quantitative estimate of drug-likeness (QED) is 0.665. The van der Waals surface area contributed by atoms with Crippen LogP contribution in [0.25, 0.3) is 0 Å². The fourth-order valence-corrected chi connectivity index (χ4v) is 2.63. The smallest absolute Gasteiger partial charge is 0.240 e. The summed E-state index contributed by atoms with van der Waals surface area (Å²) in [5.74, 6) is -0.0757. The van der Waals surface area contributed by atoms with Gasteiger partial charge in [0.25, 0.3) is 0 Å². The van der Waals surface area contributed by atoms with Crippen molar-refractivity contribution < 1.29 is 14.4 Å². The number of hydrogen-bond donors (Lipinski definition) is 2. The molecule has 2 atom stereocenters. The van der Waals surface area contributed by atoms with Crippen LogP contribution in [0.4, 0.5) is 0 Å². The van der Waals surface area contributed by atoms with Crippen molar-refractivity contribution in [1.29, 1.82) is 0 Å². The van der Waals surface area contributed by atoms with E-state index in [1.165, 1.54) is 16.7 Å². The van der Waals surface area contributed by atoms with Crippen LogP contribution in [0.3, 0.4) is 0 Å². The van der Waals surface area contributed by atoms with Crippen LogP contribution in [0.2, 0.25) is 0 Å². The molecule has 0 aromatic heterocycles. The molecule has 0 radical (unpaired) electrons. The molecule has 1 fully saturated rings. The van der Waals surface area contributed by atoms with Crippen LogP contribution in [-0.2, 0) is 14.4 Å². The van der Waals surface area contributed by atoms with Crippen LogP contribution in [-0.4, -0.2) is 53.8 Å². The fraction of sp³-hybridized carbons (Fsp3) is 0.750. The highest BCUT2D eigenvalue weighted by Crippen LogP contribution is 2.20. The number of nitrogens with two attached hydrogens (primary N) is 1. The molecule has 1 aliphatic rings. The average molecular weight is 287 g/mol. The number of carbonyl (C=O) groups is 3. The van der Waals surface area contributed by atoms with E-state index in [1.807, 2.05) is 13.2 Å². The third kappa shape index (κ3) is 4.41. The zero-order valence-corrected chi connectivity index (χ0v) is 12.2. The number of hydrogen-bond acceptors (Lipinski definition) is 4. The molecule has 6 nitrogen and oxygen atoms in total. The van der Waals surface area contributed by atoms with Crippen molar-refractivity contribution in [3.63, 3.8) is 0 Å². The minimum Gasteiger partial charge on any atom is -0.368 e. The van der Waals surface area contributed by atoms with Crippen LogP contribution in [0.1, 0.15) is 19.8 Å². The van der Waals surface area contributed by atoms with Crippen molar-refractivity contribution in [3.8, 4) is 0 Å². The fourth-order valence-electron chi connectivity index (χ4n) is 2.26. The predicted molar refractivity (Wildman–Crippen MR) is 74.5 cm³/mol. The first-order valence-corrected chi connectivity index (χ1v) is 7.73. The summed E-state index contributed by atoms with van der Waals surface area (Å²) in [7, 11) is 0. The first-order valence-electron chi connectivity index (χ1n) is 6.34. The van der Waals surface area contributed by atoms with Gasteiger partial charge in [-0.2, -0.15) is 11.8 Å². The van der Waals surface area contributed by atoms with E-state index in [2.05, 4.69) is 5.32 Å². The summed E-state index contributed by atoms with van der Waals surface area (Å²) in [6, 6.07) is -0.528. The molecule has 0 aromatic rings. The first-order chi connectivity index (χ1) is 8.99. The SMILES string of the molecule is CC[C@@H](C(N)=O)N1CC(CNC(=O)CSC)CC1=O. The normalized spacial score (nSPS) is 20.4. The molecule has 1 saturated heterocycles. The molecule has 1 unspecified atom stereocenters. The molecule has 0 aromatic carbocycles. The van der Waals surface area contributed by atoms with E-state index in [0.29, 0.717) is 31.7 Å². The molecule has 7 heteroatoms. The largest absolute Gasteiger partial charge is 0.368 e. The van der Waals surface area contributed by atoms with Crippen LogP contribution in [0.5, 0.6) is 0 Å². The summed E-state index contributed by atoms with van der Waals surface area (Å²) < 4.78 is 0. The van der Waals surface area contributed by atoms with Crippen molar-refractivity contribution in [1.82, 2.24) is 10.2 Å². The highest BCUT2D eigenvalue weighted by molar-refractivity contribution is 7.99. The third-order valence-corrected chi connectivity index (χ3v) is 3.74. The van der Waals surface area contributed by atoms with Gasteiger partial charge in [-0.25, -0.2) is 0 Å². The van der Waals surface area contributed by atoms with E-state index in [0.717, 1.165) is 0 Å². The molecular formula is C12H21N3O3S. The Balaban J connectivity index is 2.48. The maximum atomic E-state index is 11.9. The summed E-state index contributed by atoms with van der Waals surface area (Å²) in [6.45, 7) is 2.78. The van der Waals surface area contributed by atoms with Gasteiger partial charge in [0.1, 0.15) is 6.04 Å². The molecule has 1 rings (SSSR count). The molecule has 0 saturated carbocycles. The molecule has 3 N–H and O–H groups in total. The minimum absolute atomic E-state index is 0.0275. The van der Waals surface area contributed by atoms with Crippen molar-refractivity contribution >= 4 is 29.5 Å². The number of thioether (sulfide) groups is 1. The lowest BCUT2D eigenvalue weighted by atomic mass is 10.1. The van der Waals surface area contributed by atoms with E-state index >= 15 is 0 Å². The second-order valence-electron chi connectivity index (χ2n) is 4.68. The summed E-state index contributed by atoms with van der Waals surface area (Å²) >= 11 is 1.46. The Morgan fingerprint density at radius 2 is 2.26 bits per heavy atom. The van der Waals surface area contributed by atoms with Crippen LogP contribution < -0.4 is 11.1 Å². The van der Waals surface area contributed by atoms with Gasteiger partial charge < -0.3 is 16.0 Å². The van der Waals surface area contributed by atoms with Crippen LogP contribution in [0, 0.1) is 5.92 Å². The molecule has 1 aliphatic heterocycles. The third-order valence-electron chi connectivity index (χ3n) is 3.19. The molecule has 1 heterocycles. The number of likely N-dealkylation sites (tertiary alicyclic amines) is 1. The minimum atomic E-state index is -0.528. The van der Waals surface area contributed by atoms with E-state index in [-0.39, 0.29) is 17.7 Å². The monoisotopic (exact) mass is 287 g/mol. The highest BCUT2D eigenvalue weighted by atomic mass is 32.2. The summed E-state index contributed by atoms with van der Waals surface area (Å²) in [6.07, 6.45) is 2.75. The lowest BCUT2D eigenvalue weighted by Gasteiger charge is -2.24. The molecule has 0 aliphatic carbocycles. The maximum absolute atomic E-state index is 11.9. The molecular weight excluding hydrogens is 266 g/mol. The zero-order chi connectivity index (χ0) is 14.4. The second-order valence-corrected chi connectivity index (χ2v) is 5.55. The number of carbonyl (C=O) groups excluding carboxylic acids is 3. The van der Waals surface area contributed by atoms with Crippen LogP contribution in [0.15, 0.2) is 0 Å². The summed E-state index contributed by atoms with van der Waals surface area (Å²) in [5, 5.41) is 2.80. The van der Waals surface area contributed by atoms with Crippen LogP contribution >= 0.6 is 11.8 Å². The zero-order valence-electron chi connectivity index (χ0n) is 11.3. The van der Waals surface area contributed by atoms with Crippen molar-refractivity contribution in [2.75, 3.05) is 25.1 Å². The van der Waals surface area contributed by atoms with Gasteiger partial charge in [0.2, 0.25) is 17.7 Å². The van der Waals surface area contributed by atoms with Gasteiger partial charge in [-0.15, -0.1) is 0 Å². The maximum Gasteiger partial charge on any atom is 0.240 e. The summed E-state index contributed by atoms with van der Waals surface area (Å²) in [5.41, 5.74) is 5.29. The van der Waals surface area contributed by atoms with Crippen molar-refractivity contribution in [3.05, 3.63) is 0 Å². The predicted octanol–water partition coefficient (Wildman–Crippen LogP) is -0.422. The Hall–Kier alpha value is -1.24. The Labute approximate surface area is 117 Å². The van der Waals surface area contributed by atoms with E-state index in [4.69, 9.17) is 5.73 Å². The van der Waals surface area contributed by atoms with Gasteiger partial charge in [-0.3, -0.25) is 14.4 Å². The number of rotatable bonds is 7. The Bertz CT molecular complexity index is 362. The van der Waals surface area contributed by atoms with Gasteiger partial charge in [0.15, 0.2) is 0 Å². The Morgan fingerprint density at radius 3 is 2.79 bits per heavy atom. The van der Waals surface area contributed by atoms with Gasteiger partial charge in [-0.05, 0) is 12.7 Å². The van der Waals surface area contributed by atoms with Gasteiger partial charge >= 0.3 is 0 Å². The number of nitrogens with one attached hydrogen (secondary N) is 1. The number of nitrogens with zero attached hydrogens (tertiary/aromatic N) is 1. The van der Waals surface area contributed by atoms with Crippen molar-refractivity contribution in [2.45, 2.75) is 25.8 Å². The average Bonchev–Trinajstić information content (AvgIpc) is 2.69. The van der Waals surface area contributed by atoms with E-state index in [9.17, 15) is 14.4 Å². The Kier molecular flexibility index (Phi) is 6.14. The highest BCUT2D eigenvalue weighted by Gasteiger charge is 2.35. The molecule has 3 amide bonds. The lowest BCUT2D eigenvalue weighted by molar-refractivity contribution is -0.136. The van der Waals surface area contributed by atoms with Crippen molar-refractivity contribution in [2.24, 2.45) is 11.7 Å². The molecule has 19 heavy (non-hydrogen) atoms. The standard InChI is InChI=1S/C12H21N3O3S/c1-3-9(12(13)18)15-6-8(4-11(15)17)5-14-10(16)7-19-2/h8-9H,3-7H2,1-2H3,(H2,13,18)(H,14,16)/t8?,9-/m0/s1.